The molecule has 2 aromatic rings. The summed E-state index contributed by atoms with van der Waals surface area (Å²) in [5, 5.41) is 20.9. The van der Waals surface area contributed by atoms with Crippen molar-refractivity contribution in [1.82, 2.24) is 0 Å². The molecule has 0 spiro atoms. The van der Waals surface area contributed by atoms with Gasteiger partial charge in [0.1, 0.15) is 11.5 Å². The third kappa shape index (κ3) is 1.11. The van der Waals surface area contributed by atoms with E-state index in [1.165, 1.54) is 0 Å². The van der Waals surface area contributed by atoms with Crippen LogP contribution in [0.25, 0.3) is 10.8 Å². The normalized spacial score (nSPS) is 10.7. The summed E-state index contributed by atoms with van der Waals surface area (Å²) in [6.07, 6.45) is 0. The fraction of sp³-hybridized carbons (Fsp3) is 0.167. The Hall–Kier alpha value is -1.70. The topological polar surface area (TPSA) is 40.5 Å². The van der Waals surface area contributed by atoms with E-state index in [0.717, 1.165) is 21.9 Å². The summed E-state index contributed by atoms with van der Waals surface area (Å²) in [5.41, 5.74) is 1.88. The Bertz CT molecular complexity index is 501. The van der Waals surface area contributed by atoms with Crippen LogP contribution in [0.3, 0.4) is 0 Å². The SMILES string of the molecule is Cc1ccc(O)c2ccc(O)c(C)c12. The quantitative estimate of drug-likeness (QED) is 0.667. The Balaban J connectivity index is 3.01. The highest BCUT2D eigenvalue weighted by Crippen LogP contribution is 2.33. The summed E-state index contributed by atoms with van der Waals surface area (Å²) in [4.78, 5) is 0. The van der Waals surface area contributed by atoms with Crippen molar-refractivity contribution in [2.24, 2.45) is 0 Å². The molecule has 0 aliphatic heterocycles. The molecule has 0 saturated heterocycles. The molecule has 2 aromatic carbocycles. The van der Waals surface area contributed by atoms with Crippen molar-refractivity contribution in [3.8, 4) is 11.5 Å². The molecule has 0 saturated carbocycles. The number of aryl methyl sites for hydroxylation is 2. The van der Waals surface area contributed by atoms with Crippen LogP contribution in [0, 0.1) is 13.8 Å². The average molecular weight is 188 g/mol. The van der Waals surface area contributed by atoms with Gasteiger partial charge in [-0.25, -0.2) is 0 Å². The van der Waals surface area contributed by atoms with Gasteiger partial charge in [-0.2, -0.15) is 0 Å². The summed E-state index contributed by atoms with van der Waals surface area (Å²) >= 11 is 0. The summed E-state index contributed by atoms with van der Waals surface area (Å²) in [5.74, 6) is 0.528. The van der Waals surface area contributed by atoms with Gasteiger partial charge in [-0.05, 0) is 48.6 Å². The maximum Gasteiger partial charge on any atom is 0.123 e. The summed E-state index contributed by atoms with van der Waals surface area (Å²) in [7, 11) is 0. The molecule has 0 aromatic heterocycles. The van der Waals surface area contributed by atoms with E-state index in [2.05, 4.69) is 0 Å². The first kappa shape index (κ1) is 8.88. The Labute approximate surface area is 82.4 Å². The van der Waals surface area contributed by atoms with Crippen LogP contribution in [-0.2, 0) is 0 Å². The third-order valence-electron chi connectivity index (χ3n) is 2.60. The molecule has 2 nitrogen and oxygen atoms in total. The van der Waals surface area contributed by atoms with Crippen molar-refractivity contribution in [3.05, 3.63) is 35.4 Å². The number of rotatable bonds is 0. The highest BCUT2D eigenvalue weighted by atomic mass is 16.3. The van der Waals surface area contributed by atoms with Gasteiger partial charge in [0.05, 0.1) is 0 Å². The summed E-state index contributed by atoms with van der Waals surface area (Å²) in [6.45, 7) is 3.82. The van der Waals surface area contributed by atoms with E-state index in [1.807, 2.05) is 19.9 Å². The molecule has 0 atom stereocenters. The number of benzene rings is 2. The molecule has 0 unspecified atom stereocenters. The predicted molar refractivity (Wildman–Crippen MR) is 56.8 cm³/mol. The van der Waals surface area contributed by atoms with Gasteiger partial charge in [0.2, 0.25) is 0 Å². The number of hydrogen-bond donors (Lipinski definition) is 2. The van der Waals surface area contributed by atoms with Gasteiger partial charge >= 0.3 is 0 Å². The van der Waals surface area contributed by atoms with Crippen molar-refractivity contribution >= 4 is 10.8 Å². The minimum absolute atomic E-state index is 0.258. The van der Waals surface area contributed by atoms with Crippen LogP contribution in [0.5, 0.6) is 11.5 Å². The van der Waals surface area contributed by atoms with Gasteiger partial charge in [0, 0.05) is 5.39 Å². The van der Waals surface area contributed by atoms with Gasteiger partial charge in [-0.15, -0.1) is 0 Å². The Morgan fingerprint density at radius 3 is 2.21 bits per heavy atom. The van der Waals surface area contributed by atoms with Crippen molar-refractivity contribution < 1.29 is 10.2 Å². The molecule has 0 fully saturated rings. The van der Waals surface area contributed by atoms with Crippen LogP contribution in [0.2, 0.25) is 0 Å². The van der Waals surface area contributed by atoms with E-state index >= 15 is 0 Å². The largest absolute Gasteiger partial charge is 0.508 e. The molecular weight excluding hydrogens is 176 g/mol. The van der Waals surface area contributed by atoms with Crippen LogP contribution < -0.4 is 0 Å². The smallest absolute Gasteiger partial charge is 0.123 e. The fourth-order valence-electron chi connectivity index (χ4n) is 1.80. The molecule has 72 valence electrons. The monoisotopic (exact) mass is 188 g/mol. The van der Waals surface area contributed by atoms with Crippen LogP contribution >= 0.6 is 0 Å². The third-order valence-corrected chi connectivity index (χ3v) is 2.60. The molecule has 2 N–H and O–H groups in total. The van der Waals surface area contributed by atoms with E-state index in [1.54, 1.807) is 18.2 Å². The number of fused-ring (bicyclic) bond motifs is 1. The second kappa shape index (κ2) is 2.91. The van der Waals surface area contributed by atoms with Gasteiger partial charge in [-0.3, -0.25) is 0 Å². The van der Waals surface area contributed by atoms with Gasteiger partial charge in [0.25, 0.3) is 0 Å². The van der Waals surface area contributed by atoms with Crippen LogP contribution in [0.1, 0.15) is 11.1 Å². The second-order valence-electron chi connectivity index (χ2n) is 3.53. The first-order valence-corrected chi connectivity index (χ1v) is 4.52. The lowest BCUT2D eigenvalue weighted by atomic mass is 9.99. The first-order valence-electron chi connectivity index (χ1n) is 4.52. The van der Waals surface area contributed by atoms with Crippen molar-refractivity contribution in [3.63, 3.8) is 0 Å². The van der Waals surface area contributed by atoms with E-state index in [-0.39, 0.29) is 11.5 Å². The van der Waals surface area contributed by atoms with E-state index in [9.17, 15) is 10.2 Å². The highest BCUT2D eigenvalue weighted by Gasteiger charge is 2.07. The molecule has 0 heterocycles. The van der Waals surface area contributed by atoms with Crippen LogP contribution in [0.15, 0.2) is 24.3 Å². The standard InChI is InChI=1S/C12H12O2/c1-7-3-5-11(14)9-4-6-10(13)8(2)12(7)9/h3-6,13-14H,1-2H3. The highest BCUT2D eigenvalue weighted by molar-refractivity contribution is 5.94. The molecule has 2 heteroatoms. The van der Waals surface area contributed by atoms with Crippen LogP contribution in [-0.4, -0.2) is 10.2 Å². The first-order chi connectivity index (χ1) is 6.61. The zero-order chi connectivity index (χ0) is 10.3. The lowest BCUT2D eigenvalue weighted by Gasteiger charge is -2.08. The van der Waals surface area contributed by atoms with Crippen molar-refractivity contribution in [2.45, 2.75) is 13.8 Å². The molecule has 0 aliphatic carbocycles. The van der Waals surface area contributed by atoms with Crippen molar-refractivity contribution in [1.29, 1.82) is 0 Å². The Kier molecular flexibility index (Phi) is 1.84. The van der Waals surface area contributed by atoms with Gasteiger partial charge in [-0.1, -0.05) is 6.07 Å². The van der Waals surface area contributed by atoms with Crippen LogP contribution in [0.4, 0.5) is 0 Å². The Morgan fingerprint density at radius 2 is 1.50 bits per heavy atom. The maximum atomic E-state index is 9.63. The van der Waals surface area contributed by atoms with E-state index < -0.39 is 0 Å². The van der Waals surface area contributed by atoms with E-state index in [0.29, 0.717) is 0 Å². The van der Waals surface area contributed by atoms with E-state index in [4.69, 9.17) is 0 Å². The molecule has 0 radical (unpaired) electrons. The summed E-state index contributed by atoms with van der Waals surface area (Å²) in [6, 6.07) is 6.87. The fourth-order valence-corrected chi connectivity index (χ4v) is 1.80. The number of hydrogen-bond acceptors (Lipinski definition) is 2. The second-order valence-corrected chi connectivity index (χ2v) is 3.53. The maximum absolute atomic E-state index is 9.63. The lowest BCUT2D eigenvalue weighted by molar-refractivity contribution is 0.471. The zero-order valence-electron chi connectivity index (χ0n) is 8.20. The molecule has 0 amide bonds. The number of aromatic hydroxyl groups is 2. The zero-order valence-corrected chi connectivity index (χ0v) is 8.20. The number of phenolic OH excluding ortho intramolecular Hbond substituents is 2. The van der Waals surface area contributed by atoms with Crippen molar-refractivity contribution in [2.75, 3.05) is 0 Å². The summed E-state index contributed by atoms with van der Waals surface area (Å²) < 4.78 is 0. The minimum Gasteiger partial charge on any atom is -0.508 e. The number of phenols is 2. The average Bonchev–Trinajstić information content (AvgIpc) is 2.16. The predicted octanol–water partition coefficient (Wildman–Crippen LogP) is 2.87. The molecule has 2 rings (SSSR count). The molecule has 0 bridgehead atoms. The molecule has 14 heavy (non-hydrogen) atoms. The lowest BCUT2D eigenvalue weighted by Crippen LogP contribution is -1.84. The Morgan fingerprint density at radius 1 is 0.857 bits per heavy atom. The van der Waals surface area contributed by atoms with Gasteiger partial charge in [0.15, 0.2) is 0 Å². The van der Waals surface area contributed by atoms with Gasteiger partial charge < -0.3 is 10.2 Å². The molecule has 0 aliphatic rings. The molecular formula is C12H12O2. The minimum atomic E-state index is 0.258.